The molecule has 1 heterocycles. The lowest BCUT2D eigenvalue weighted by molar-refractivity contribution is 0.300. The number of rotatable bonds is 4. The Kier molecular flexibility index (Phi) is 8.42. The van der Waals surface area contributed by atoms with E-state index in [-0.39, 0.29) is 0 Å². The molecule has 0 N–H and O–H groups in total. The third kappa shape index (κ3) is 6.67. The summed E-state index contributed by atoms with van der Waals surface area (Å²) in [6.45, 7) is 4.58. The summed E-state index contributed by atoms with van der Waals surface area (Å²) in [5.41, 5.74) is 1.56. The van der Waals surface area contributed by atoms with Crippen molar-refractivity contribution in [2.75, 3.05) is 0 Å². The lowest BCUT2D eigenvalue weighted by Crippen LogP contribution is -2.13. The lowest BCUT2D eigenvalue weighted by atomic mass is 9.80. The molecule has 0 aromatic carbocycles. The van der Waals surface area contributed by atoms with Crippen LogP contribution < -0.4 is 0 Å². The fourth-order valence-electron chi connectivity index (χ4n) is 4.83. The molecular weight excluding hydrogens is 340 g/mol. The van der Waals surface area contributed by atoms with Crippen LogP contribution in [0.1, 0.15) is 102 Å². The highest BCUT2D eigenvalue weighted by Gasteiger charge is 2.19. The van der Waals surface area contributed by atoms with Gasteiger partial charge in [-0.3, -0.25) is 0 Å². The van der Waals surface area contributed by atoms with Crippen LogP contribution in [0.3, 0.4) is 0 Å². The van der Waals surface area contributed by atoms with Gasteiger partial charge in [-0.25, -0.2) is 0 Å². The van der Waals surface area contributed by atoms with E-state index < -0.39 is 0 Å². The second-order valence-electron chi connectivity index (χ2n) is 8.86. The highest BCUT2D eigenvalue weighted by Crippen LogP contribution is 2.32. The summed E-state index contributed by atoms with van der Waals surface area (Å²) in [7, 11) is 0. The molecule has 28 heavy (non-hydrogen) atoms. The van der Waals surface area contributed by atoms with Crippen molar-refractivity contribution in [3.8, 4) is 23.7 Å². The maximum absolute atomic E-state index is 4.28. The Labute approximate surface area is 172 Å². The molecule has 2 fully saturated rings. The van der Waals surface area contributed by atoms with E-state index in [0.717, 1.165) is 23.2 Å². The Morgan fingerprint density at radius 3 is 1.39 bits per heavy atom. The zero-order chi connectivity index (χ0) is 19.6. The first kappa shape index (κ1) is 20.9. The van der Waals surface area contributed by atoms with Crippen molar-refractivity contribution in [3.63, 3.8) is 0 Å². The van der Waals surface area contributed by atoms with Crippen molar-refractivity contribution >= 4 is 0 Å². The first-order chi connectivity index (χ1) is 13.8. The van der Waals surface area contributed by atoms with Gasteiger partial charge in [0.05, 0.1) is 0 Å². The number of hydrogen-bond acceptors (Lipinski definition) is 2. The van der Waals surface area contributed by atoms with Crippen LogP contribution in [0.5, 0.6) is 0 Å². The molecule has 2 aliphatic rings. The van der Waals surface area contributed by atoms with Crippen LogP contribution in [0, 0.1) is 47.4 Å². The topological polar surface area (TPSA) is 25.8 Å². The van der Waals surface area contributed by atoms with Crippen molar-refractivity contribution in [1.29, 1.82) is 0 Å². The summed E-state index contributed by atoms with van der Waals surface area (Å²) in [5, 5.41) is 8.56. The molecule has 0 saturated heterocycles. The van der Waals surface area contributed by atoms with Gasteiger partial charge in [0.15, 0.2) is 0 Å². The molecule has 0 bridgehead atoms. The molecule has 0 unspecified atom stereocenters. The summed E-state index contributed by atoms with van der Waals surface area (Å²) in [6, 6.07) is 3.95. The maximum atomic E-state index is 4.28. The standard InChI is InChI=1S/C26H36N2/c1-3-5-21-7-11-23(12-8-21)15-17-25-19-20-26(28-27-25)18-16-24-13-9-22(6-4-2)10-14-24/h19-24H,3-14H2,1-2H3. The summed E-state index contributed by atoms with van der Waals surface area (Å²) in [4.78, 5) is 0. The molecule has 0 aliphatic heterocycles. The van der Waals surface area contributed by atoms with Crippen LogP contribution in [0.2, 0.25) is 0 Å². The smallest absolute Gasteiger partial charge is 0.135 e. The maximum Gasteiger partial charge on any atom is 0.135 e. The zero-order valence-corrected chi connectivity index (χ0v) is 17.8. The Balaban J connectivity index is 1.46. The first-order valence-corrected chi connectivity index (χ1v) is 11.6. The predicted molar refractivity (Wildman–Crippen MR) is 117 cm³/mol. The minimum absolute atomic E-state index is 0.539. The molecule has 2 saturated carbocycles. The molecule has 3 rings (SSSR count). The van der Waals surface area contributed by atoms with Gasteiger partial charge in [0, 0.05) is 11.8 Å². The lowest BCUT2D eigenvalue weighted by Gasteiger charge is -2.25. The quantitative estimate of drug-likeness (QED) is 0.569. The fourth-order valence-corrected chi connectivity index (χ4v) is 4.83. The van der Waals surface area contributed by atoms with E-state index >= 15 is 0 Å². The highest BCUT2D eigenvalue weighted by atomic mass is 15.1. The third-order valence-electron chi connectivity index (χ3n) is 6.56. The summed E-state index contributed by atoms with van der Waals surface area (Å²) < 4.78 is 0. The zero-order valence-electron chi connectivity index (χ0n) is 17.8. The summed E-state index contributed by atoms with van der Waals surface area (Å²) in [5.74, 6) is 16.3. The van der Waals surface area contributed by atoms with Crippen molar-refractivity contribution in [2.24, 2.45) is 23.7 Å². The van der Waals surface area contributed by atoms with Gasteiger partial charge >= 0.3 is 0 Å². The van der Waals surface area contributed by atoms with E-state index in [1.54, 1.807) is 0 Å². The predicted octanol–water partition coefficient (Wildman–Crippen LogP) is 6.39. The normalized spacial score (nSPS) is 27.2. The average molecular weight is 377 g/mol. The molecular formula is C26H36N2. The van der Waals surface area contributed by atoms with E-state index in [9.17, 15) is 0 Å². The van der Waals surface area contributed by atoms with Crippen LogP contribution >= 0.6 is 0 Å². The molecule has 2 nitrogen and oxygen atoms in total. The molecule has 0 amide bonds. The van der Waals surface area contributed by atoms with Gasteiger partial charge in [0.2, 0.25) is 0 Å². The minimum Gasteiger partial charge on any atom is -0.141 e. The van der Waals surface area contributed by atoms with E-state index in [1.807, 2.05) is 12.1 Å². The van der Waals surface area contributed by atoms with Gasteiger partial charge in [-0.15, -0.1) is 10.2 Å². The highest BCUT2D eigenvalue weighted by molar-refractivity contribution is 5.32. The first-order valence-electron chi connectivity index (χ1n) is 11.6. The number of nitrogens with zero attached hydrogens (tertiary/aromatic N) is 2. The van der Waals surface area contributed by atoms with Crippen molar-refractivity contribution < 1.29 is 0 Å². The molecule has 0 spiro atoms. The van der Waals surface area contributed by atoms with E-state index in [0.29, 0.717) is 11.8 Å². The molecule has 0 radical (unpaired) electrons. The largest absolute Gasteiger partial charge is 0.141 e. The molecule has 0 atom stereocenters. The molecule has 2 aliphatic carbocycles. The third-order valence-corrected chi connectivity index (χ3v) is 6.56. The van der Waals surface area contributed by atoms with Crippen LogP contribution in [-0.2, 0) is 0 Å². The fraction of sp³-hybridized carbons (Fsp3) is 0.692. The van der Waals surface area contributed by atoms with Gasteiger partial charge in [-0.1, -0.05) is 51.4 Å². The Hall–Kier alpha value is -1.80. The Morgan fingerprint density at radius 2 is 1.07 bits per heavy atom. The van der Waals surface area contributed by atoms with Crippen molar-refractivity contribution in [1.82, 2.24) is 10.2 Å². The summed E-state index contributed by atoms with van der Waals surface area (Å²) >= 11 is 0. The molecule has 1 aromatic rings. The van der Waals surface area contributed by atoms with Crippen LogP contribution in [-0.4, -0.2) is 10.2 Å². The number of aromatic nitrogens is 2. The van der Waals surface area contributed by atoms with Gasteiger partial charge in [0.1, 0.15) is 11.4 Å². The van der Waals surface area contributed by atoms with E-state index in [4.69, 9.17) is 0 Å². The molecule has 1 aromatic heterocycles. The Bertz CT molecular complexity index is 634. The van der Waals surface area contributed by atoms with Crippen molar-refractivity contribution in [2.45, 2.75) is 90.9 Å². The van der Waals surface area contributed by atoms with Crippen LogP contribution in [0.25, 0.3) is 0 Å². The van der Waals surface area contributed by atoms with Crippen LogP contribution in [0.4, 0.5) is 0 Å². The Morgan fingerprint density at radius 1 is 0.679 bits per heavy atom. The van der Waals surface area contributed by atoms with Crippen molar-refractivity contribution in [3.05, 3.63) is 23.5 Å². The SMILES string of the molecule is CCCC1CCC(C#Cc2ccc(C#CC3CCC(CCC)CC3)nn2)CC1. The minimum atomic E-state index is 0.539. The summed E-state index contributed by atoms with van der Waals surface area (Å²) in [6.07, 6.45) is 15.7. The van der Waals surface area contributed by atoms with Gasteiger partial charge in [-0.05, 0) is 87.2 Å². The van der Waals surface area contributed by atoms with Gasteiger partial charge in [-0.2, -0.15) is 0 Å². The average Bonchev–Trinajstić information content (AvgIpc) is 2.74. The second-order valence-corrected chi connectivity index (χ2v) is 8.86. The van der Waals surface area contributed by atoms with E-state index in [2.05, 4.69) is 47.7 Å². The van der Waals surface area contributed by atoms with E-state index in [1.165, 1.54) is 77.0 Å². The molecule has 2 heteroatoms. The monoisotopic (exact) mass is 376 g/mol. The number of hydrogen-bond donors (Lipinski definition) is 0. The molecule has 150 valence electrons. The second kappa shape index (κ2) is 11.3. The van der Waals surface area contributed by atoms with Gasteiger partial charge < -0.3 is 0 Å². The van der Waals surface area contributed by atoms with Crippen LogP contribution in [0.15, 0.2) is 12.1 Å². The van der Waals surface area contributed by atoms with Gasteiger partial charge in [0.25, 0.3) is 0 Å².